The smallest absolute Gasteiger partial charge is 0.313 e. The molecule has 5 atom stereocenters. The number of amides is 2. The van der Waals surface area contributed by atoms with Crippen LogP contribution in [0.25, 0.3) is 0 Å². The van der Waals surface area contributed by atoms with Crippen molar-refractivity contribution in [2.24, 2.45) is 11.8 Å². The molecule has 5 rings (SSSR count). The van der Waals surface area contributed by atoms with Crippen molar-refractivity contribution in [1.29, 1.82) is 0 Å². The van der Waals surface area contributed by atoms with Crippen LogP contribution in [0.1, 0.15) is 20.3 Å². The Morgan fingerprint density at radius 1 is 1.08 bits per heavy atom. The first-order valence-corrected chi connectivity index (χ1v) is 12.7. The normalized spacial score (nSPS) is 31.0. The molecule has 1 spiro atoms. The van der Waals surface area contributed by atoms with Crippen molar-refractivity contribution >= 4 is 29.2 Å². The monoisotopic (exact) mass is 495 g/mol. The molecule has 0 aromatic heterocycles. The van der Waals surface area contributed by atoms with Gasteiger partial charge in [-0.1, -0.05) is 18.2 Å². The number of ether oxygens (including phenoxy) is 2. The Balaban J connectivity index is 1.53. The zero-order valence-electron chi connectivity index (χ0n) is 20.7. The molecule has 2 fully saturated rings. The molecule has 4 aliphatic heterocycles. The Morgan fingerprint density at radius 3 is 2.53 bits per heavy atom. The van der Waals surface area contributed by atoms with Crippen molar-refractivity contribution < 1.29 is 29.0 Å². The van der Waals surface area contributed by atoms with Crippen molar-refractivity contribution in [3.8, 4) is 0 Å². The van der Waals surface area contributed by atoms with E-state index in [2.05, 4.69) is 18.7 Å². The van der Waals surface area contributed by atoms with E-state index >= 15 is 0 Å². The zero-order valence-corrected chi connectivity index (χ0v) is 20.7. The van der Waals surface area contributed by atoms with Gasteiger partial charge in [0.2, 0.25) is 5.91 Å². The van der Waals surface area contributed by atoms with Gasteiger partial charge in [0.15, 0.2) is 0 Å². The van der Waals surface area contributed by atoms with E-state index in [0.29, 0.717) is 13.0 Å². The first-order valence-electron chi connectivity index (χ1n) is 12.7. The first kappa shape index (κ1) is 24.5. The second kappa shape index (κ2) is 9.71. The molecule has 9 heteroatoms. The van der Waals surface area contributed by atoms with Crippen molar-refractivity contribution in [2.45, 2.75) is 38.0 Å². The predicted molar refractivity (Wildman–Crippen MR) is 133 cm³/mol. The van der Waals surface area contributed by atoms with Gasteiger partial charge in [-0.25, -0.2) is 0 Å². The number of hydrogen-bond donors (Lipinski definition) is 1. The molecule has 1 aromatic rings. The summed E-state index contributed by atoms with van der Waals surface area (Å²) in [6.07, 6.45) is 6.81. The highest BCUT2D eigenvalue weighted by Gasteiger charge is 2.71. The topological polar surface area (TPSA) is 99.6 Å². The van der Waals surface area contributed by atoms with E-state index in [1.165, 1.54) is 4.90 Å². The van der Waals surface area contributed by atoms with Crippen LogP contribution in [0.15, 0.2) is 48.6 Å². The van der Waals surface area contributed by atoms with Crippen molar-refractivity contribution in [2.75, 3.05) is 49.2 Å². The Morgan fingerprint density at radius 2 is 1.83 bits per heavy atom. The summed E-state index contributed by atoms with van der Waals surface area (Å²) in [4.78, 5) is 46.2. The van der Waals surface area contributed by atoms with Gasteiger partial charge in [-0.05, 0) is 50.6 Å². The molecule has 0 saturated carbocycles. The van der Waals surface area contributed by atoms with Gasteiger partial charge in [0, 0.05) is 44.2 Å². The van der Waals surface area contributed by atoms with E-state index in [-0.39, 0.29) is 31.6 Å². The molecule has 4 aliphatic rings. The summed E-state index contributed by atoms with van der Waals surface area (Å²) in [6.45, 7) is 6.48. The summed E-state index contributed by atoms with van der Waals surface area (Å²) in [5, 5.41) is 9.47. The van der Waals surface area contributed by atoms with Crippen LogP contribution in [0.3, 0.4) is 0 Å². The highest BCUT2D eigenvalue weighted by atomic mass is 16.6. The number of esters is 1. The summed E-state index contributed by atoms with van der Waals surface area (Å²) in [7, 11) is 0. The average Bonchev–Trinajstić information content (AvgIpc) is 3.18. The van der Waals surface area contributed by atoms with E-state index in [0.717, 1.165) is 24.5 Å². The van der Waals surface area contributed by atoms with Crippen molar-refractivity contribution in [3.05, 3.63) is 48.6 Å². The number of likely N-dealkylation sites (tertiary alicyclic amines) is 1. The van der Waals surface area contributed by atoms with Crippen LogP contribution in [0.2, 0.25) is 0 Å². The molecule has 1 aromatic carbocycles. The number of hydrogen-bond acceptors (Lipinski definition) is 7. The number of rotatable bonds is 7. The van der Waals surface area contributed by atoms with Crippen LogP contribution in [0.5, 0.6) is 0 Å². The first-order chi connectivity index (χ1) is 17.5. The van der Waals surface area contributed by atoms with E-state index < -0.39 is 35.6 Å². The molecule has 36 heavy (non-hydrogen) atoms. The lowest BCUT2D eigenvalue weighted by Gasteiger charge is -2.35. The van der Waals surface area contributed by atoms with Crippen LogP contribution in [-0.2, 0) is 23.9 Å². The lowest BCUT2D eigenvalue weighted by atomic mass is 9.78. The third kappa shape index (κ3) is 3.72. The lowest BCUT2D eigenvalue weighted by Crippen LogP contribution is -2.55. The van der Waals surface area contributed by atoms with Gasteiger partial charge in [-0.15, -0.1) is 0 Å². The fourth-order valence-corrected chi connectivity index (χ4v) is 6.11. The molecule has 2 saturated heterocycles. The molecule has 2 amide bonds. The minimum absolute atomic E-state index is 0.119. The molecular formula is C27H33N3O6. The molecule has 0 radical (unpaired) electrons. The Labute approximate surface area is 210 Å². The number of carbonyl (C=O) groups is 3. The Hall–Kier alpha value is -3.17. The van der Waals surface area contributed by atoms with Crippen LogP contribution >= 0.6 is 0 Å². The summed E-state index contributed by atoms with van der Waals surface area (Å²) in [5.41, 5.74) is 0.515. The molecule has 0 aliphatic carbocycles. The fraction of sp³-hybridized carbons (Fsp3) is 0.519. The number of fused-ring (bicyclic) bond motifs is 2. The van der Waals surface area contributed by atoms with Crippen molar-refractivity contribution in [1.82, 2.24) is 4.90 Å². The van der Waals surface area contributed by atoms with E-state index in [1.54, 1.807) is 23.1 Å². The van der Waals surface area contributed by atoms with Crippen molar-refractivity contribution in [3.63, 3.8) is 0 Å². The highest BCUT2D eigenvalue weighted by Crippen LogP contribution is 2.53. The van der Waals surface area contributed by atoms with Gasteiger partial charge >= 0.3 is 5.97 Å². The standard InChI is InChI=1S/C27H33N3O6/c1-3-28(4-2)18-9-11-19(12-10-18)29-14-6-13-27-22(21-20(36-27)8-5-17-35-26(21)34)24(32)30(15-7-16-31)23(27)25(29)33/h5-6,8-13,20-23,31H,3-4,7,14-17H2,1-2H3/t20-,21+,22-,23?,27-/m0/s1. The highest BCUT2D eigenvalue weighted by molar-refractivity contribution is 6.05. The molecule has 192 valence electrons. The minimum atomic E-state index is -1.28. The van der Waals surface area contributed by atoms with E-state index in [4.69, 9.17) is 9.47 Å². The maximum Gasteiger partial charge on any atom is 0.313 e. The maximum absolute atomic E-state index is 14.2. The molecule has 0 bridgehead atoms. The predicted octanol–water partition coefficient (Wildman–Crippen LogP) is 1.51. The molecule has 1 unspecified atom stereocenters. The summed E-state index contributed by atoms with van der Waals surface area (Å²) >= 11 is 0. The largest absolute Gasteiger partial charge is 0.461 e. The Bertz CT molecular complexity index is 1080. The number of aliphatic hydroxyl groups excluding tert-OH is 1. The van der Waals surface area contributed by atoms with Crippen LogP contribution in [0, 0.1) is 11.8 Å². The van der Waals surface area contributed by atoms with E-state index in [9.17, 15) is 19.5 Å². The number of nitrogens with zero attached hydrogens (tertiary/aromatic N) is 3. The molecular weight excluding hydrogens is 462 g/mol. The van der Waals surface area contributed by atoms with Crippen LogP contribution in [0.4, 0.5) is 11.4 Å². The maximum atomic E-state index is 14.2. The number of aliphatic hydroxyl groups is 1. The van der Waals surface area contributed by atoms with E-state index in [1.807, 2.05) is 30.3 Å². The summed E-state index contributed by atoms with van der Waals surface area (Å²) in [6, 6.07) is 6.89. The average molecular weight is 496 g/mol. The van der Waals surface area contributed by atoms with Gasteiger partial charge in [0.05, 0.1) is 12.0 Å². The zero-order chi connectivity index (χ0) is 25.4. The molecule has 1 N–H and O–H groups in total. The van der Waals surface area contributed by atoms with Crippen LogP contribution in [-0.4, -0.2) is 84.9 Å². The lowest BCUT2D eigenvalue weighted by molar-refractivity contribution is -0.152. The molecule has 9 nitrogen and oxygen atoms in total. The summed E-state index contributed by atoms with van der Waals surface area (Å²) in [5.74, 6) is -2.76. The molecule has 4 heterocycles. The third-order valence-electron chi connectivity index (χ3n) is 7.76. The fourth-order valence-electron chi connectivity index (χ4n) is 6.11. The second-order valence-corrected chi connectivity index (χ2v) is 9.55. The van der Waals surface area contributed by atoms with Crippen LogP contribution < -0.4 is 9.80 Å². The van der Waals surface area contributed by atoms with Gasteiger partial charge in [0.25, 0.3) is 5.91 Å². The van der Waals surface area contributed by atoms with Gasteiger partial charge in [-0.2, -0.15) is 0 Å². The number of carbonyl (C=O) groups excluding carboxylic acids is 3. The van der Waals surface area contributed by atoms with Gasteiger partial charge in [-0.3, -0.25) is 14.4 Å². The number of anilines is 2. The van der Waals surface area contributed by atoms with Gasteiger partial charge in [0.1, 0.15) is 24.2 Å². The number of benzene rings is 1. The Kier molecular flexibility index (Phi) is 6.61. The third-order valence-corrected chi connectivity index (χ3v) is 7.76. The van der Waals surface area contributed by atoms with Gasteiger partial charge < -0.3 is 29.3 Å². The second-order valence-electron chi connectivity index (χ2n) is 9.55. The minimum Gasteiger partial charge on any atom is -0.461 e. The summed E-state index contributed by atoms with van der Waals surface area (Å²) < 4.78 is 11.8. The number of cyclic esters (lactones) is 1. The quantitative estimate of drug-likeness (QED) is 0.452. The SMILES string of the molecule is CCN(CC)c1ccc(N2CC=C[C@]34O[C@H]5C=CCOC(=O)[C@H]5[C@H]3C(=O)N(CCCO)C4C2=O)cc1.